The largest absolute Gasteiger partial charge is 0.392 e. The third kappa shape index (κ3) is 4.23. The fraction of sp³-hybridized carbons (Fsp3) is 0.720. The van der Waals surface area contributed by atoms with Gasteiger partial charge in [0, 0.05) is 31.2 Å². The predicted molar refractivity (Wildman–Crippen MR) is 119 cm³/mol. The molecule has 6 heteroatoms. The van der Waals surface area contributed by atoms with Crippen LogP contribution in [0, 0.1) is 29.1 Å². The molecule has 2 heterocycles. The van der Waals surface area contributed by atoms with E-state index in [2.05, 4.69) is 24.1 Å². The number of amides is 2. The zero-order valence-corrected chi connectivity index (χ0v) is 19.1. The molecule has 3 fully saturated rings. The number of aliphatic hydroxyl groups excluding tert-OH is 1. The van der Waals surface area contributed by atoms with E-state index in [1.54, 1.807) is 18.3 Å². The summed E-state index contributed by atoms with van der Waals surface area (Å²) in [6.07, 6.45) is 7.09. The molecular formula is C25H37N3O3. The molecule has 6 nitrogen and oxygen atoms in total. The zero-order chi connectivity index (χ0) is 22.2. The van der Waals surface area contributed by atoms with E-state index in [-0.39, 0.29) is 46.9 Å². The number of aliphatic hydroxyl groups is 1. The lowest BCUT2D eigenvalue weighted by Gasteiger charge is -2.56. The Morgan fingerprint density at radius 1 is 1.23 bits per heavy atom. The Bertz CT molecular complexity index is 794. The van der Waals surface area contributed by atoms with E-state index in [0.717, 1.165) is 51.6 Å². The number of aromatic nitrogens is 1. The molecule has 7 atom stereocenters. The molecule has 0 bridgehead atoms. The number of carbonyl (C=O) groups is 2. The topological polar surface area (TPSA) is 82.5 Å². The molecular weight excluding hydrogens is 390 g/mol. The van der Waals surface area contributed by atoms with Crippen LogP contribution in [0.4, 0.5) is 0 Å². The average molecular weight is 428 g/mol. The highest BCUT2D eigenvalue weighted by molar-refractivity contribution is 5.92. The molecule has 2 N–H and O–H groups in total. The molecule has 0 radical (unpaired) electrons. The van der Waals surface area contributed by atoms with Gasteiger partial charge >= 0.3 is 0 Å². The first-order valence-electron chi connectivity index (χ1n) is 12.0. The maximum absolute atomic E-state index is 13.0. The van der Waals surface area contributed by atoms with Crippen LogP contribution < -0.4 is 5.32 Å². The summed E-state index contributed by atoms with van der Waals surface area (Å²) in [5, 5.41) is 14.7. The molecule has 7 unspecified atom stereocenters. The van der Waals surface area contributed by atoms with Crippen molar-refractivity contribution in [2.45, 2.75) is 71.4 Å². The van der Waals surface area contributed by atoms with Crippen LogP contribution in [0.5, 0.6) is 0 Å². The van der Waals surface area contributed by atoms with Crippen molar-refractivity contribution < 1.29 is 14.7 Å². The number of nitrogens with zero attached hydrogens (tertiary/aromatic N) is 2. The maximum atomic E-state index is 13.0. The van der Waals surface area contributed by atoms with Gasteiger partial charge in [0.1, 0.15) is 5.69 Å². The lowest BCUT2D eigenvalue weighted by molar-refractivity contribution is -0.149. The number of carbonyl (C=O) groups excluding carboxylic acids is 2. The van der Waals surface area contributed by atoms with E-state index in [9.17, 15) is 14.7 Å². The molecule has 4 rings (SSSR count). The van der Waals surface area contributed by atoms with E-state index in [4.69, 9.17) is 0 Å². The Morgan fingerprint density at radius 3 is 2.61 bits per heavy atom. The molecule has 2 amide bonds. The number of pyridine rings is 1. The minimum atomic E-state index is -0.523. The van der Waals surface area contributed by atoms with Gasteiger partial charge in [0.25, 0.3) is 5.91 Å². The number of likely N-dealkylation sites (tertiary alicyclic amines) is 1. The van der Waals surface area contributed by atoms with Gasteiger partial charge in [0.05, 0.1) is 6.10 Å². The molecule has 2 saturated carbocycles. The Balaban J connectivity index is 1.48. The number of hydrogen-bond donors (Lipinski definition) is 2. The van der Waals surface area contributed by atoms with Gasteiger partial charge in [0.2, 0.25) is 5.91 Å². The molecule has 1 saturated heterocycles. The second-order valence-electron chi connectivity index (χ2n) is 10.4. The average Bonchev–Trinajstić information content (AvgIpc) is 3.30. The lowest BCUT2D eigenvalue weighted by Crippen LogP contribution is -2.58. The van der Waals surface area contributed by atoms with Crippen molar-refractivity contribution in [2.24, 2.45) is 29.1 Å². The fourth-order valence-corrected chi connectivity index (χ4v) is 6.65. The minimum Gasteiger partial charge on any atom is -0.392 e. The normalized spacial score (nSPS) is 36.5. The van der Waals surface area contributed by atoms with Gasteiger partial charge in [0.15, 0.2) is 0 Å². The highest BCUT2D eigenvalue weighted by atomic mass is 16.3. The van der Waals surface area contributed by atoms with Crippen molar-refractivity contribution in [1.29, 1.82) is 0 Å². The summed E-state index contributed by atoms with van der Waals surface area (Å²) in [4.78, 5) is 31.9. The molecule has 1 aromatic rings. The van der Waals surface area contributed by atoms with Crippen LogP contribution in [-0.4, -0.2) is 52.0 Å². The van der Waals surface area contributed by atoms with Gasteiger partial charge in [-0.2, -0.15) is 0 Å². The number of rotatable bonds is 4. The molecule has 31 heavy (non-hydrogen) atoms. The van der Waals surface area contributed by atoms with Gasteiger partial charge in [-0.25, -0.2) is 0 Å². The van der Waals surface area contributed by atoms with E-state index in [1.165, 1.54) is 0 Å². The molecule has 0 spiro atoms. The van der Waals surface area contributed by atoms with Crippen molar-refractivity contribution in [3.63, 3.8) is 0 Å². The van der Waals surface area contributed by atoms with E-state index in [0.29, 0.717) is 5.69 Å². The lowest BCUT2D eigenvalue weighted by atomic mass is 9.51. The molecule has 3 aliphatic rings. The molecule has 0 aromatic carbocycles. The molecule has 1 aromatic heterocycles. The highest BCUT2D eigenvalue weighted by Gasteiger charge is 2.54. The smallest absolute Gasteiger partial charge is 0.270 e. The van der Waals surface area contributed by atoms with Crippen molar-refractivity contribution in [3.05, 3.63) is 30.1 Å². The summed E-state index contributed by atoms with van der Waals surface area (Å²) in [6.45, 7) is 8.16. The van der Waals surface area contributed by atoms with Crippen LogP contribution >= 0.6 is 0 Å². The number of hydrogen-bond acceptors (Lipinski definition) is 4. The van der Waals surface area contributed by atoms with E-state index >= 15 is 0 Å². The van der Waals surface area contributed by atoms with Crippen molar-refractivity contribution in [1.82, 2.24) is 15.2 Å². The molecule has 170 valence electrons. The van der Waals surface area contributed by atoms with Gasteiger partial charge in [-0.3, -0.25) is 14.6 Å². The summed E-state index contributed by atoms with van der Waals surface area (Å²) in [5.74, 6) is 0.0856. The number of fused-ring (bicyclic) bond motifs is 1. The Hall–Kier alpha value is -1.95. The summed E-state index contributed by atoms with van der Waals surface area (Å²) < 4.78 is 0. The maximum Gasteiger partial charge on any atom is 0.270 e. The second-order valence-corrected chi connectivity index (χ2v) is 10.4. The van der Waals surface area contributed by atoms with Crippen LogP contribution in [0.1, 0.15) is 69.8 Å². The fourth-order valence-electron chi connectivity index (χ4n) is 6.65. The number of nitrogens with one attached hydrogen (secondary N) is 1. The Labute approximate surface area is 185 Å². The Kier molecular flexibility index (Phi) is 6.38. The summed E-state index contributed by atoms with van der Waals surface area (Å²) in [6, 6.07) is 5.35. The van der Waals surface area contributed by atoms with Crippen molar-refractivity contribution >= 4 is 11.8 Å². The van der Waals surface area contributed by atoms with Gasteiger partial charge in [-0.1, -0.05) is 26.8 Å². The zero-order valence-electron chi connectivity index (χ0n) is 19.1. The molecule has 1 aliphatic heterocycles. The van der Waals surface area contributed by atoms with Crippen LogP contribution in [0.2, 0.25) is 0 Å². The first-order valence-corrected chi connectivity index (χ1v) is 12.0. The highest BCUT2D eigenvalue weighted by Crippen LogP contribution is 2.55. The van der Waals surface area contributed by atoms with E-state index in [1.807, 2.05) is 17.9 Å². The van der Waals surface area contributed by atoms with Crippen LogP contribution in [0.3, 0.4) is 0 Å². The van der Waals surface area contributed by atoms with Gasteiger partial charge in [-0.15, -0.1) is 0 Å². The van der Waals surface area contributed by atoms with Crippen LogP contribution in [-0.2, 0) is 4.79 Å². The minimum absolute atomic E-state index is 0.00516. The Morgan fingerprint density at radius 2 is 1.94 bits per heavy atom. The predicted octanol–water partition coefficient (Wildman–Crippen LogP) is 3.26. The van der Waals surface area contributed by atoms with Crippen molar-refractivity contribution in [3.8, 4) is 0 Å². The first kappa shape index (κ1) is 22.3. The third-order valence-electron chi connectivity index (χ3n) is 8.55. The molecule has 2 aliphatic carbocycles. The monoisotopic (exact) mass is 427 g/mol. The van der Waals surface area contributed by atoms with Crippen molar-refractivity contribution in [2.75, 3.05) is 13.1 Å². The first-order chi connectivity index (χ1) is 14.8. The summed E-state index contributed by atoms with van der Waals surface area (Å²) in [5.41, 5.74) is 0.479. The quantitative estimate of drug-likeness (QED) is 0.773. The third-order valence-corrected chi connectivity index (χ3v) is 8.55. The standard InChI is InChI=1S/C25H37N3O3/c1-16(24(31)28-14-6-7-15-28)18-9-11-25(3)12-10-19(17(2)21(25)22(18)29)27-23(30)20-8-4-5-13-26-20/h4-5,8,13,16-19,21-22,29H,6-7,9-12,14-15H2,1-3H3,(H,27,30). The van der Waals surface area contributed by atoms with E-state index < -0.39 is 6.10 Å². The van der Waals surface area contributed by atoms with Gasteiger partial charge in [-0.05, 0) is 73.8 Å². The van der Waals surface area contributed by atoms with Crippen LogP contribution in [0.25, 0.3) is 0 Å². The summed E-state index contributed by atoms with van der Waals surface area (Å²) >= 11 is 0. The SMILES string of the molecule is CC(C(=O)N1CCCC1)C1CCC2(C)CCC(NC(=O)c3ccccn3)C(C)C2C1O. The second kappa shape index (κ2) is 8.89. The van der Waals surface area contributed by atoms with Crippen LogP contribution in [0.15, 0.2) is 24.4 Å². The summed E-state index contributed by atoms with van der Waals surface area (Å²) in [7, 11) is 0. The van der Waals surface area contributed by atoms with Gasteiger partial charge < -0.3 is 15.3 Å².